The van der Waals surface area contributed by atoms with E-state index in [0.29, 0.717) is 12.3 Å². The number of nitrogens with zero attached hydrogens (tertiary/aromatic N) is 1. The molecule has 0 atom stereocenters. The van der Waals surface area contributed by atoms with Crippen molar-refractivity contribution in [3.8, 4) is 0 Å². The molecule has 0 bridgehead atoms. The summed E-state index contributed by atoms with van der Waals surface area (Å²) in [5, 5.41) is 11.9. The lowest BCUT2D eigenvalue weighted by Gasteiger charge is -2.21. The quantitative estimate of drug-likeness (QED) is 0.751. The van der Waals surface area contributed by atoms with Gasteiger partial charge in [0.1, 0.15) is 0 Å². The average molecular weight is 254 g/mol. The summed E-state index contributed by atoms with van der Waals surface area (Å²) in [5.74, 6) is 0.360. The largest absolute Gasteiger partial charge is 0.396 e. The summed E-state index contributed by atoms with van der Waals surface area (Å²) >= 11 is 1.47. The third kappa shape index (κ3) is 5.70. The monoisotopic (exact) mass is 254 g/mol. The number of hydrogen-bond donors (Lipinski definition) is 2. The zero-order valence-electron chi connectivity index (χ0n) is 10.1. The molecule has 0 saturated heterocycles. The van der Waals surface area contributed by atoms with E-state index in [-0.39, 0.29) is 17.9 Å². The van der Waals surface area contributed by atoms with Crippen LogP contribution in [0.25, 0.3) is 0 Å². The van der Waals surface area contributed by atoms with Crippen LogP contribution in [0.3, 0.4) is 0 Å². The van der Waals surface area contributed by atoms with Crippen molar-refractivity contribution < 1.29 is 9.90 Å². The van der Waals surface area contributed by atoms with Crippen LogP contribution in [0.5, 0.6) is 0 Å². The summed E-state index contributed by atoms with van der Waals surface area (Å²) in [7, 11) is 0. The van der Waals surface area contributed by atoms with Gasteiger partial charge in [0, 0.05) is 35.9 Å². The Morgan fingerprint density at radius 3 is 2.71 bits per heavy atom. The maximum atomic E-state index is 11.5. The van der Waals surface area contributed by atoms with E-state index in [4.69, 9.17) is 5.11 Å². The van der Waals surface area contributed by atoms with E-state index >= 15 is 0 Å². The number of rotatable bonds is 6. The van der Waals surface area contributed by atoms with Crippen LogP contribution >= 0.6 is 11.8 Å². The molecule has 0 fully saturated rings. The Bertz CT molecular complexity index is 355. The molecule has 0 aromatic carbocycles. The maximum Gasteiger partial charge on any atom is 0.230 e. The van der Waals surface area contributed by atoms with E-state index in [1.54, 1.807) is 12.4 Å². The van der Waals surface area contributed by atoms with Gasteiger partial charge in [-0.05, 0) is 12.1 Å². The average Bonchev–Trinajstić information content (AvgIpc) is 2.35. The van der Waals surface area contributed by atoms with Gasteiger partial charge in [-0.25, -0.2) is 0 Å². The molecule has 0 aliphatic heterocycles. The smallest absolute Gasteiger partial charge is 0.230 e. The van der Waals surface area contributed by atoms with Gasteiger partial charge in [-0.2, -0.15) is 0 Å². The van der Waals surface area contributed by atoms with Gasteiger partial charge in [0.15, 0.2) is 0 Å². The first-order valence-electron chi connectivity index (χ1n) is 5.44. The zero-order valence-corrected chi connectivity index (χ0v) is 11.0. The standard InChI is InChI=1S/C12H18N2O2S/c1-12(2,9-15)8-14-11(16)7-17-10-3-5-13-6-4-10/h3-6,15H,7-9H2,1-2H3,(H,14,16). The van der Waals surface area contributed by atoms with E-state index < -0.39 is 0 Å². The number of carbonyl (C=O) groups is 1. The highest BCUT2D eigenvalue weighted by Crippen LogP contribution is 2.16. The summed E-state index contributed by atoms with van der Waals surface area (Å²) in [6, 6.07) is 3.74. The summed E-state index contributed by atoms with van der Waals surface area (Å²) in [4.78, 5) is 16.5. The van der Waals surface area contributed by atoms with Crippen molar-refractivity contribution in [2.75, 3.05) is 18.9 Å². The fourth-order valence-corrected chi connectivity index (χ4v) is 1.74. The first-order valence-corrected chi connectivity index (χ1v) is 6.42. The lowest BCUT2D eigenvalue weighted by Crippen LogP contribution is -2.36. The highest BCUT2D eigenvalue weighted by Gasteiger charge is 2.17. The zero-order chi connectivity index (χ0) is 12.7. The van der Waals surface area contributed by atoms with Crippen LogP contribution in [-0.4, -0.2) is 34.9 Å². The molecule has 94 valence electrons. The second kappa shape index (κ2) is 6.61. The molecule has 1 aromatic heterocycles. The van der Waals surface area contributed by atoms with Gasteiger partial charge in [-0.1, -0.05) is 13.8 Å². The number of aliphatic hydroxyl groups is 1. The highest BCUT2D eigenvalue weighted by atomic mass is 32.2. The molecule has 0 saturated carbocycles. The van der Waals surface area contributed by atoms with Crippen LogP contribution in [0.2, 0.25) is 0 Å². The Hall–Kier alpha value is -1.07. The molecule has 0 aliphatic rings. The van der Waals surface area contributed by atoms with Crippen LogP contribution in [-0.2, 0) is 4.79 Å². The van der Waals surface area contributed by atoms with Crippen molar-refractivity contribution >= 4 is 17.7 Å². The second-order valence-corrected chi connectivity index (χ2v) is 5.62. The summed E-state index contributed by atoms with van der Waals surface area (Å²) in [5.41, 5.74) is -0.267. The SMILES string of the molecule is CC(C)(CO)CNC(=O)CSc1ccncc1. The Balaban J connectivity index is 2.27. The van der Waals surface area contributed by atoms with Crippen molar-refractivity contribution in [1.82, 2.24) is 10.3 Å². The van der Waals surface area contributed by atoms with Crippen LogP contribution in [0.1, 0.15) is 13.8 Å². The molecule has 4 nitrogen and oxygen atoms in total. The molecule has 5 heteroatoms. The normalized spacial score (nSPS) is 11.2. The van der Waals surface area contributed by atoms with Gasteiger partial charge in [0.25, 0.3) is 0 Å². The fourth-order valence-electron chi connectivity index (χ4n) is 1.03. The van der Waals surface area contributed by atoms with Crippen LogP contribution < -0.4 is 5.32 Å². The minimum absolute atomic E-state index is 0.0201. The number of aromatic nitrogens is 1. The lowest BCUT2D eigenvalue weighted by atomic mass is 9.95. The molecule has 0 radical (unpaired) electrons. The number of hydrogen-bond acceptors (Lipinski definition) is 4. The van der Waals surface area contributed by atoms with Gasteiger partial charge in [-0.15, -0.1) is 11.8 Å². The maximum absolute atomic E-state index is 11.5. The summed E-state index contributed by atoms with van der Waals surface area (Å²) in [6.07, 6.45) is 3.41. The first-order chi connectivity index (χ1) is 8.03. The topological polar surface area (TPSA) is 62.2 Å². The molecule has 17 heavy (non-hydrogen) atoms. The molecule has 0 spiro atoms. The van der Waals surface area contributed by atoms with Gasteiger partial charge in [0.05, 0.1) is 5.75 Å². The number of aliphatic hydroxyl groups excluding tert-OH is 1. The van der Waals surface area contributed by atoms with E-state index in [0.717, 1.165) is 4.90 Å². The number of thioether (sulfide) groups is 1. The lowest BCUT2D eigenvalue weighted by molar-refractivity contribution is -0.119. The molecule has 1 amide bonds. The predicted molar refractivity (Wildman–Crippen MR) is 68.8 cm³/mol. The number of pyridine rings is 1. The molecular weight excluding hydrogens is 236 g/mol. The van der Waals surface area contributed by atoms with E-state index in [1.165, 1.54) is 11.8 Å². The van der Waals surface area contributed by atoms with Gasteiger partial charge in [0.2, 0.25) is 5.91 Å². The fraction of sp³-hybridized carbons (Fsp3) is 0.500. The third-order valence-electron chi connectivity index (χ3n) is 2.21. The van der Waals surface area contributed by atoms with Crippen LogP contribution in [0.15, 0.2) is 29.4 Å². The van der Waals surface area contributed by atoms with Crippen molar-refractivity contribution in [1.29, 1.82) is 0 Å². The van der Waals surface area contributed by atoms with Crippen molar-refractivity contribution in [3.05, 3.63) is 24.5 Å². The van der Waals surface area contributed by atoms with Gasteiger partial charge >= 0.3 is 0 Å². The van der Waals surface area contributed by atoms with Gasteiger partial charge < -0.3 is 10.4 Å². The minimum Gasteiger partial charge on any atom is -0.396 e. The van der Waals surface area contributed by atoms with Crippen molar-refractivity contribution in [2.45, 2.75) is 18.7 Å². The minimum atomic E-state index is -0.267. The molecule has 2 N–H and O–H groups in total. The summed E-state index contributed by atoms with van der Waals surface area (Å²) < 4.78 is 0. The van der Waals surface area contributed by atoms with Gasteiger partial charge in [-0.3, -0.25) is 9.78 Å². The Kier molecular flexibility index (Phi) is 5.44. The van der Waals surface area contributed by atoms with E-state index in [1.807, 2.05) is 26.0 Å². The van der Waals surface area contributed by atoms with Crippen LogP contribution in [0, 0.1) is 5.41 Å². The molecule has 0 aliphatic carbocycles. The summed E-state index contributed by atoms with van der Waals surface area (Å²) in [6.45, 7) is 4.36. The number of carbonyl (C=O) groups excluding carboxylic acids is 1. The van der Waals surface area contributed by atoms with Crippen molar-refractivity contribution in [3.63, 3.8) is 0 Å². The second-order valence-electron chi connectivity index (χ2n) is 4.57. The van der Waals surface area contributed by atoms with Crippen LogP contribution in [0.4, 0.5) is 0 Å². The third-order valence-corrected chi connectivity index (χ3v) is 3.22. The van der Waals surface area contributed by atoms with E-state index in [2.05, 4.69) is 10.3 Å². The molecule has 1 aromatic rings. The number of amides is 1. The van der Waals surface area contributed by atoms with Crippen molar-refractivity contribution in [2.24, 2.45) is 5.41 Å². The highest BCUT2D eigenvalue weighted by molar-refractivity contribution is 8.00. The Morgan fingerprint density at radius 1 is 1.47 bits per heavy atom. The number of nitrogens with one attached hydrogen (secondary N) is 1. The Morgan fingerprint density at radius 2 is 2.12 bits per heavy atom. The first kappa shape index (κ1) is 14.0. The predicted octanol–water partition coefficient (Wildman–Crippen LogP) is 1.31. The molecular formula is C12H18N2O2S. The van der Waals surface area contributed by atoms with E-state index in [9.17, 15) is 4.79 Å². The molecule has 0 unspecified atom stereocenters. The molecule has 1 heterocycles. The Labute approximate surface area is 106 Å². The molecule has 1 rings (SSSR count).